The Balaban J connectivity index is 2.03. The van der Waals surface area contributed by atoms with Gasteiger partial charge in [-0.3, -0.25) is 0 Å². The van der Waals surface area contributed by atoms with E-state index in [1.165, 1.54) is 33.3 Å². The maximum absolute atomic E-state index is 5.44. The molecule has 1 aliphatic carbocycles. The Bertz CT molecular complexity index is 937. The normalized spacial score (nSPS) is 12.6. The molecule has 4 rings (SSSR count). The summed E-state index contributed by atoms with van der Waals surface area (Å²) in [6.07, 6.45) is 4.02. The number of aromatic nitrogens is 1. The van der Waals surface area contributed by atoms with Crippen LogP contribution in [0.3, 0.4) is 0 Å². The summed E-state index contributed by atoms with van der Waals surface area (Å²) in [5.41, 5.74) is 6.60. The van der Waals surface area contributed by atoms with Crippen LogP contribution in [0.2, 0.25) is 0 Å². The highest BCUT2D eigenvalue weighted by molar-refractivity contribution is 5.94. The summed E-state index contributed by atoms with van der Waals surface area (Å²) >= 11 is 0. The van der Waals surface area contributed by atoms with Crippen molar-refractivity contribution < 1.29 is 9.47 Å². The van der Waals surface area contributed by atoms with Crippen LogP contribution in [0.5, 0.6) is 11.5 Å². The SMILES string of the molecule is C=CCn1c2c(c3cc(OC)ccc31)CCc1cc(OC)ccc1-2. The first-order chi connectivity index (χ1) is 11.8. The first-order valence-corrected chi connectivity index (χ1v) is 8.24. The Morgan fingerprint density at radius 1 is 1.04 bits per heavy atom. The molecule has 0 fully saturated rings. The summed E-state index contributed by atoms with van der Waals surface area (Å²) in [4.78, 5) is 0. The van der Waals surface area contributed by atoms with E-state index in [0.29, 0.717) is 0 Å². The highest BCUT2D eigenvalue weighted by Crippen LogP contribution is 2.42. The molecule has 3 aromatic rings. The summed E-state index contributed by atoms with van der Waals surface area (Å²) in [5, 5.41) is 1.28. The Labute approximate surface area is 142 Å². The Hall–Kier alpha value is -2.68. The molecule has 3 nitrogen and oxygen atoms in total. The van der Waals surface area contributed by atoms with Crippen LogP contribution in [0.15, 0.2) is 49.1 Å². The van der Waals surface area contributed by atoms with Gasteiger partial charge in [-0.15, -0.1) is 6.58 Å². The number of ether oxygens (including phenoxy) is 2. The highest BCUT2D eigenvalue weighted by atomic mass is 16.5. The molecule has 0 aliphatic heterocycles. The Morgan fingerprint density at radius 3 is 2.54 bits per heavy atom. The van der Waals surface area contributed by atoms with Crippen LogP contribution in [0.4, 0.5) is 0 Å². The lowest BCUT2D eigenvalue weighted by molar-refractivity contribution is 0.414. The van der Waals surface area contributed by atoms with Crippen LogP contribution in [-0.4, -0.2) is 18.8 Å². The van der Waals surface area contributed by atoms with Crippen LogP contribution in [-0.2, 0) is 19.4 Å². The third-order valence-electron chi connectivity index (χ3n) is 4.90. The maximum atomic E-state index is 5.44. The van der Waals surface area contributed by atoms with Gasteiger partial charge in [0.1, 0.15) is 11.5 Å². The Morgan fingerprint density at radius 2 is 1.79 bits per heavy atom. The average Bonchev–Trinajstić information content (AvgIpc) is 2.95. The van der Waals surface area contributed by atoms with Crippen molar-refractivity contribution in [3.8, 4) is 22.8 Å². The third-order valence-corrected chi connectivity index (χ3v) is 4.90. The molecule has 122 valence electrons. The predicted octanol–water partition coefficient (Wildman–Crippen LogP) is 4.61. The lowest BCUT2D eigenvalue weighted by Gasteiger charge is -2.20. The van der Waals surface area contributed by atoms with E-state index >= 15 is 0 Å². The molecule has 0 amide bonds. The molecular formula is C21H21NO2. The number of hydrogen-bond donors (Lipinski definition) is 0. The van der Waals surface area contributed by atoms with Crippen LogP contribution < -0.4 is 9.47 Å². The average molecular weight is 319 g/mol. The molecule has 3 heteroatoms. The van der Waals surface area contributed by atoms with Crippen molar-refractivity contribution in [2.75, 3.05) is 14.2 Å². The number of allylic oxidation sites excluding steroid dienone is 1. The molecule has 0 unspecified atom stereocenters. The number of rotatable bonds is 4. The second kappa shape index (κ2) is 5.75. The van der Waals surface area contributed by atoms with Crippen molar-refractivity contribution in [2.45, 2.75) is 19.4 Å². The maximum Gasteiger partial charge on any atom is 0.119 e. The van der Waals surface area contributed by atoms with Gasteiger partial charge in [0, 0.05) is 23.0 Å². The van der Waals surface area contributed by atoms with Crippen molar-refractivity contribution in [2.24, 2.45) is 0 Å². The van der Waals surface area contributed by atoms with Gasteiger partial charge in [-0.25, -0.2) is 0 Å². The third kappa shape index (κ3) is 2.12. The van der Waals surface area contributed by atoms with E-state index in [1.807, 2.05) is 18.2 Å². The first-order valence-electron chi connectivity index (χ1n) is 8.24. The fraction of sp³-hybridized carbons (Fsp3) is 0.238. The van der Waals surface area contributed by atoms with E-state index in [-0.39, 0.29) is 0 Å². The molecule has 0 spiro atoms. The monoisotopic (exact) mass is 319 g/mol. The van der Waals surface area contributed by atoms with Crippen LogP contribution in [0, 0.1) is 0 Å². The van der Waals surface area contributed by atoms with Gasteiger partial charge in [0.05, 0.1) is 19.9 Å². The zero-order valence-corrected chi connectivity index (χ0v) is 14.1. The van der Waals surface area contributed by atoms with E-state index in [2.05, 4.69) is 35.4 Å². The quantitative estimate of drug-likeness (QED) is 0.656. The minimum Gasteiger partial charge on any atom is -0.497 e. The second-order valence-corrected chi connectivity index (χ2v) is 6.13. The molecule has 0 radical (unpaired) electrons. The van der Waals surface area contributed by atoms with Gasteiger partial charge in [-0.2, -0.15) is 0 Å². The van der Waals surface area contributed by atoms with Crippen molar-refractivity contribution >= 4 is 10.9 Å². The summed E-state index contributed by atoms with van der Waals surface area (Å²) in [7, 11) is 3.44. The predicted molar refractivity (Wildman–Crippen MR) is 98.1 cm³/mol. The molecule has 0 saturated heterocycles. The van der Waals surface area contributed by atoms with Crippen molar-refractivity contribution in [1.29, 1.82) is 0 Å². The first kappa shape index (κ1) is 14.9. The molecule has 0 atom stereocenters. The van der Waals surface area contributed by atoms with Gasteiger partial charge in [0.2, 0.25) is 0 Å². The van der Waals surface area contributed by atoms with E-state index in [4.69, 9.17) is 9.47 Å². The topological polar surface area (TPSA) is 23.4 Å². The lowest BCUT2D eigenvalue weighted by atomic mass is 9.88. The Kier molecular flexibility index (Phi) is 3.57. The van der Waals surface area contributed by atoms with Gasteiger partial charge in [-0.1, -0.05) is 6.08 Å². The second-order valence-electron chi connectivity index (χ2n) is 6.13. The standard InChI is InChI=1S/C21H21NO2/c1-4-11-22-20-10-7-16(24-3)13-19(20)18-8-5-14-12-15(23-2)6-9-17(14)21(18)22/h4,6-7,9-10,12-13H,1,5,8,11H2,2-3H3. The number of fused-ring (bicyclic) bond motifs is 5. The van der Waals surface area contributed by atoms with Gasteiger partial charge < -0.3 is 14.0 Å². The molecule has 0 saturated carbocycles. The largest absolute Gasteiger partial charge is 0.497 e. The summed E-state index contributed by atoms with van der Waals surface area (Å²) < 4.78 is 13.2. The van der Waals surface area contributed by atoms with E-state index in [0.717, 1.165) is 30.9 Å². The number of methoxy groups -OCH3 is 2. The van der Waals surface area contributed by atoms with Crippen molar-refractivity contribution in [3.63, 3.8) is 0 Å². The molecule has 0 bridgehead atoms. The summed E-state index contributed by atoms with van der Waals surface area (Å²) in [6, 6.07) is 12.7. The number of aryl methyl sites for hydroxylation is 2. The van der Waals surface area contributed by atoms with Crippen molar-refractivity contribution in [3.05, 3.63) is 60.2 Å². The number of nitrogens with zero attached hydrogens (tertiary/aromatic N) is 1. The molecule has 0 N–H and O–H groups in total. The van der Waals surface area contributed by atoms with Crippen LogP contribution in [0.1, 0.15) is 11.1 Å². The van der Waals surface area contributed by atoms with Gasteiger partial charge in [0.15, 0.2) is 0 Å². The fourth-order valence-corrected chi connectivity index (χ4v) is 3.80. The molecule has 1 aromatic heterocycles. The minimum absolute atomic E-state index is 0.795. The van der Waals surface area contributed by atoms with Crippen molar-refractivity contribution in [1.82, 2.24) is 4.57 Å². The lowest BCUT2D eigenvalue weighted by Crippen LogP contribution is -2.07. The highest BCUT2D eigenvalue weighted by Gasteiger charge is 2.24. The summed E-state index contributed by atoms with van der Waals surface area (Å²) in [6.45, 7) is 4.74. The zero-order valence-electron chi connectivity index (χ0n) is 14.1. The van der Waals surface area contributed by atoms with Gasteiger partial charge in [0.25, 0.3) is 0 Å². The zero-order chi connectivity index (χ0) is 16.7. The molecule has 1 heterocycles. The van der Waals surface area contributed by atoms with Crippen LogP contribution in [0.25, 0.3) is 22.2 Å². The molecule has 24 heavy (non-hydrogen) atoms. The molecule has 1 aliphatic rings. The molecular weight excluding hydrogens is 298 g/mol. The fourth-order valence-electron chi connectivity index (χ4n) is 3.80. The number of hydrogen-bond acceptors (Lipinski definition) is 2. The smallest absolute Gasteiger partial charge is 0.119 e. The minimum atomic E-state index is 0.795. The van der Waals surface area contributed by atoms with Crippen LogP contribution >= 0.6 is 0 Å². The van der Waals surface area contributed by atoms with E-state index in [9.17, 15) is 0 Å². The summed E-state index contributed by atoms with van der Waals surface area (Å²) in [5.74, 6) is 1.83. The van der Waals surface area contributed by atoms with E-state index in [1.54, 1.807) is 14.2 Å². The number of benzene rings is 2. The van der Waals surface area contributed by atoms with E-state index < -0.39 is 0 Å². The molecule has 2 aromatic carbocycles. The van der Waals surface area contributed by atoms with Gasteiger partial charge >= 0.3 is 0 Å². The van der Waals surface area contributed by atoms with Gasteiger partial charge in [-0.05, 0) is 60.4 Å².